The molecule has 0 saturated carbocycles. The highest BCUT2D eigenvalue weighted by atomic mass is 16.1. The Morgan fingerprint density at radius 2 is 2.20 bits per heavy atom. The number of nitrogens with zero attached hydrogens (tertiary/aromatic N) is 1. The lowest BCUT2D eigenvalue weighted by Crippen LogP contribution is -2.13. The van der Waals surface area contributed by atoms with Gasteiger partial charge < -0.3 is 5.73 Å². The average molecular weight is 138 g/mol. The van der Waals surface area contributed by atoms with E-state index in [9.17, 15) is 4.79 Å². The van der Waals surface area contributed by atoms with Crippen LogP contribution in [0.25, 0.3) is 0 Å². The van der Waals surface area contributed by atoms with Crippen molar-refractivity contribution in [3.05, 3.63) is 11.1 Å². The molecule has 0 aliphatic rings. The third-order valence-corrected chi connectivity index (χ3v) is 1.31. The van der Waals surface area contributed by atoms with Gasteiger partial charge in [-0.3, -0.25) is 4.79 Å². The molecule has 3 nitrogen and oxygen atoms in total. The van der Waals surface area contributed by atoms with Crippen LogP contribution in [0.15, 0.2) is 11.1 Å². The van der Waals surface area contributed by atoms with Gasteiger partial charge in [0.15, 0.2) is 0 Å². The van der Waals surface area contributed by atoms with Crippen molar-refractivity contribution in [2.45, 2.75) is 20.3 Å². The minimum atomic E-state index is -0.515. The van der Waals surface area contributed by atoms with Crippen LogP contribution in [0.5, 0.6) is 0 Å². The average Bonchev–Trinajstić information content (AvgIpc) is 1.90. The van der Waals surface area contributed by atoms with E-state index in [-0.39, 0.29) is 0 Å². The molecule has 0 aromatic carbocycles. The van der Waals surface area contributed by atoms with Crippen LogP contribution < -0.4 is 5.73 Å². The lowest BCUT2D eigenvalue weighted by Gasteiger charge is -1.95. The fourth-order valence-corrected chi connectivity index (χ4v) is 0.577. The number of rotatable bonds is 2. The van der Waals surface area contributed by atoms with Crippen molar-refractivity contribution in [1.29, 1.82) is 5.26 Å². The van der Waals surface area contributed by atoms with E-state index in [1.54, 1.807) is 6.92 Å². The summed E-state index contributed by atoms with van der Waals surface area (Å²) in [5.74, 6) is -0.515. The Hall–Kier alpha value is -1.30. The smallest absolute Gasteiger partial charge is 0.245 e. The minimum absolute atomic E-state index is 0.366. The van der Waals surface area contributed by atoms with Crippen molar-refractivity contribution in [2.75, 3.05) is 0 Å². The molecule has 0 aliphatic carbocycles. The number of amides is 1. The summed E-state index contributed by atoms with van der Waals surface area (Å²) in [6.07, 6.45) is 0.561. The quantitative estimate of drug-likeness (QED) is 0.451. The first kappa shape index (κ1) is 8.70. The van der Waals surface area contributed by atoms with Crippen molar-refractivity contribution in [1.82, 2.24) is 0 Å². The maximum absolute atomic E-state index is 10.5. The first-order valence-corrected chi connectivity index (χ1v) is 3.03. The molecular formula is C7H10N2O. The topological polar surface area (TPSA) is 66.9 Å². The third-order valence-electron chi connectivity index (χ3n) is 1.31. The minimum Gasteiger partial charge on any atom is -0.366 e. The van der Waals surface area contributed by atoms with Gasteiger partial charge in [-0.2, -0.15) is 5.26 Å². The molecule has 0 aromatic heterocycles. The fourth-order valence-electron chi connectivity index (χ4n) is 0.577. The number of nitriles is 1. The van der Waals surface area contributed by atoms with Gasteiger partial charge in [-0.05, 0) is 13.3 Å². The predicted octanol–water partition coefficient (Wildman–Crippen LogP) is 0.722. The molecule has 3 heteroatoms. The molecule has 2 N–H and O–H groups in total. The summed E-state index contributed by atoms with van der Waals surface area (Å²) < 4.78 is 0. The zero-order valence-corrected chi connectivity index (χ0v) is 6.14. The van der Waals surface area contributed by atoms with Crippen LogP contribution in [0.3, 0.4) is 0 Å². The summed E-state index contributed by atoms with van der Waals surface area (Å²) in [6.45, 7) is 3.37. The Balaban J connectivity index is 4.65. The maximum atomic E-state index is 10.5. The van der Waals surface area contributed by atoms with Crippen LogP contribution in [-0.4, -0.2) is 5.91 Å². The van der Waals surface area contributed by atoms with E-state index in [0.717, 1.165) is 0 Å². The Morgan fingerprint density at radius 1 is 1.70 bits per heavy atom. The molecule has 54 valence electrons. The van der Waals surface area contributed by atoms with Gasteiger partial charge in [0, 0.05) is 11.1 Å². The summed E-state index contributed by atoms with van der Waals surface area (Å²) in [7, 11) is 0. The van der Waals surface area contributed by atoms with E-state index >= 15 is 0 Å². The number of carbonyl (C=O) groups is 1. The fraction of sp³-hybridized carbons (Fsp3) is 0.429. The Morgan fingerprint density at radius 3 is 2.30 bits per heavy atom. The largest absolute Gasteiger partial charge is 0.366 e. The molecule has 10 heavy (non-hydrogen) atoms. The number of hydrogen-bond acceptors (Lipinski definition) is 2. The Kier molecular flexibility index (Phi) is 3.20. The summed E-state index contributed by atoms with van der Waals surface area (Å²) in [4.78, 5) is 10.5. The van der Waals surface area contributed by atoms with E-state index in [0.29, 0.717) is 17.6 Å². The van der Waals surface area contributed by atoms with Gasteiger partial charge in [-0.1, -0.05) is 6.92 Å². The van der Waals surface area contributed by atoms with Gasteiger partial charge in [0.25, 0.3) is 0 Å². The summed E-state index contributed by atoms with van der Waals surface area (Å²) >= 11 is 0. The number of carbonyl (C=O) groups excluding carboxylic acids is 1. The second-order valence-electron chi connectivity index (χ2n) is 1.93. The molecule has 0 heterocycles. The second-order valence-corrected chi connectivity index (χ2v) is 1.93. The van der Waals surface area contributed by atoms with Crippen LogP contribution in [0.2, 0.25) is 0 Å². The van der Waals surface area contributed by atoms with Crippen LogP contribution >= 0.6 is 0 Å². The number of allylic oxidation sites excluding steroid dienone is 1. The predicted molar refractivity (Wildman–Crippen MR) is 37.8 cm³/mol. The van der Waals surface area contributed by atoms with Crippen molar-refractivity contribution in [3.63, 3.8) is 0 Å². The number of hydrogen-bond donors (Lipinski definition) is 1. The monoisotopic (exact) mass is 138 g/mol. The molecule has 0 aromatic rings. The van der Waals surface area contributed by atoms with Gasteiger partial charge in [0.1, 0.15) is 0 Å². The summed E-state index contributed by atoms with van der Waals surface area (Å²) in [5, 5.41) is 8.43. The van der Waals surface area contributed by atoms with Crippen LogP contribution in [0.4, 0.5) is 0 Å². The normalized spacial score (nSPS) is 11.7. The first-order chi connectivity index (χ1) is 4.63. The van der Waals surface area contributed by atoms with Crippen molar-refractivity contribution >= 4 is 5.91 Å². The molecule has 0 aliphatic heterocycles. The van der Waals surface area contributed by atoms with E-state index in [1.807, 2.05) is 13.0 Å². The van der Waals surface area contributed by atoms with Crippen molar-refractivity contribution < 1.29 is 4.79 Å². The van der Waals surface area contributed by atoms with Gasteiger partial charge in [0.05, 0.1) is 6.07 Å². The summed E-state index contributed by atoms with van der Waals surface area (Å²) in [6, 6.07) is 1.91. The van der Waals surface area contributed by atoms with E-state index in [2.05, 4.69) is 0 Å². The van der Waals surface area contributed by atoms with E-state index in [4.69, 9.17) is 11.0 Å². The van der Waals surface area contributed by atoms with Gasteiger partial charge >= 0.3 is 0 Å². The first-order valence-electron chi connectivity index (χ1n) is 3.03. The summed E-state index contributed by atoms with van der Waals surface area (Å²) in [5.41, 5.74) is 5.77. The highest BCUT2D eigenvalue weighted by molar-refractivity contribution is 5.92. The molecule has 1 amide bonds. The zero-order valence-electron chi connectivity index (χ0n) is 6.14. The maximum Gasteiger partial charge on any atom is 0.245 e. The van der Waals surface area contributed by atoms with Gasteiger partial charge in [-0.15, -0.1) is 0 Å². The SMILES string of the molecule is CC/C(C#N)=C(/C)C(N)=O. The highest BCUT2D eigenvalue weighted by Gasteiger charge is 2.03. The molecule has 0 radical (unpaired) electrons. The molecule has 0 atom stereocenters. The van der Waals surface area contributed by atoms with E-state index < -0.39 is 5.91 Å². The lowest BCUT2D eigenvalue weighted by atomic mass is 10.1. The van der Waals surface area contributed by atoms with Gasteiger partial charge in [0.2, 0.25) is 5.91 Å². The number of nitrogens with two attached hydrogens (primary N) is 1. The van der Waals surface area contributed by atoms with E-state index in [1.165, 1.54) is 0 Å². The lowest BCUT2D eigenvalue weighted by molar-refractivity contribution is -0.114. The molecule has 0 spiro atoms. The Bertz CT molecular complexity index is 210. The van der Waals surface area contributed by atoms with Crippen molar-refractivity contribution in [3.8, 4) is 6.07 Å². The molecule has 0 fully saturated rings. The van der Waals surface area contributed by atoms with Crippen LogP contribution in [0, 0.1) is 11.3 Å². The molecular weight excluding hydrogens is 128 g/mol. The van der Waals surface area contributed by atoms with Gasteiger partial charge in [-0.25, -0.2) is 0 Å². The Labute approximate surface area is 60.1 Å². The molecule has 0 bridgehead atoms. The standard InChI is InChI=1S/C7H10N2O/c1-3-6(4-8)5(2)7(9)10/h3H2,1-2H3,(H2,9,10)/b6-5+. The molecule has 0 rings (SSSR count). The zero-order chi connectivity index (χ0) is 8.15. The molecule has 0 saturated heterocycles. The number of primary amides is 1. The van der Waals surface area contributed by atoms with Crippen LogP contribution in [0.1, 0.15) is 20.3 Å². The molecule has 0 unspecified atom stereocenters. The van der Waals surface area contributed by atoms with Crippen molar-refractivity contribution in [2.24, 2.45) is 5.73 Å². The second kappa shape index (κ2) is 3.67. The highest BCUT2D eigenvalue weighted by Crippen LogP contribution is 2.05. The van der Waals surface area contributed by atoms with Crippen LogP contribution in [-0.2, 0) is 4.79 Å². The third kappa shape index (κ3) is 1.90.